The summed E-state index contributed by atoms with van der Waals surface area (Å²) in [6.07, 6.45) is 8.90. The number of fused-ring (bicyclic) bond motifs is 1. The maximum absolute atomic E-state index is 12.5. The molecule has 0 amide bonds. The molecule has 0 aromatic carbocycles. The molecule has 2 aromatic heterocycles. The number of H-pyrrole nitrogens is 1. The molecule has 1 fully saturated rings. The molecule has 1 aliphatic heterocycles. The van der Waals surface area contributed by atoms with Crippen molar-refractivity contribution in [2.75, 3.05) is 13.1 Å². The van der Waals surface area contributed by atoms with Crippen LogP contribution in [-0.4, -0.2) is 37.7 Å². The van der Waals surface area contributed by atoms with Crippen LogP contribution in [0.3, 0.4) is 0 Å². The zero-order valence-corrected chi connectivity index (χ0v) is 17.5. The van der Waals surface area contributed by atoms with Crippen LogP contribution in [0, 0.1) is 5.92 Å². The number of nitrogens with one attached hydrogen (secondary N) is 1. The van der Waals surface area contributed by atoms with E-state index in [-0.39, 0.29) is 11.0 Å². The molecule has 0 saturated carbocycles. The summed E-state index contributed by atoms with van der Waals surface area (Å²) in [7, 11) is 0. The van der Waals surface area contributed by atoms with E-state index in [1.807, 2.05) is 0 Å². The van der Waals surface area contributed by atoms with Crippen LogP contribution in [-0.2, 0) is 31.3 Å². The largest absolute Gasteiger partial charge is 0.299 e. The Morgan fingerprint density at radius 1 is 1.18 bits per heavy atom. The van der Waals surface area contributed by atoms with Crippen LogP contribution in [0.4, 0.5) is 0 Å². The molecule has 0 bridgehead atoms. The molecule has 2 aliphatic rings. The van der Waals surface area contributed by atoms with Gasteiger partial charge in [-0.15, -0.1) is 0 Å². The predicted molar refractivity (Wildman–Crippen MR) is 110 cm³/mol. The summed E-state index contributed by atoms with van der Waals surface area (Å²) in [6, 6.07) is 1.70. The van der Waals surface area contributed by atoms with Gasteiger partial charge >= 0.3 is 0 Å². The molecular weight excluding hydrogens is 350 g/mol. The van der Waals surface area contributed by atoms with E-state index in [1.165, 1.54) is 36.2 Å². The van der Waals surface area contributed by atoms with Crippen molar-refractivity contribution in [3.63, 3.8) is 0 Å². The number of hydrogen-bond acceptors (Lipinski definition) is 4. The van der Waals surface area contributed by atoms with Crippen LogP contribution in [0.15, 0.2) is 17.2 Å². The van der Waals surface area contributed by atoms with Crippen molar-refractivity contribution in [1.82, 2.24) is 24.6 Å². The van der Waals surface area contributed by atoms with Crippen molar-refractivity contribution in [2.24, 2.45) is 5.92 Å². The van der Waals surface area contributed by atoms with E-state index in [1.54, 1.807) is 17.0 Å². The second kappa shape index (κ2) is 7.82. The average molecular weight is 384 g/mol. The Morgan fingerprint density at radius 3 is 2.64 bits per heavy atom. The lowest BCUT2D eigenvalue weighted by atomic mass is 9.92. The Kier molecular flexibility index (Phi) is 5.41. The van der Waals surface area contributed by atoms with E-state index >= 15 is 0 Å². The minimum atomic E-state index is -0.0882. The molecule has 0 unspecified atom stereocenters. The number of aryl methyl sites for hydroxylation is 1. The van der Waals surface area contributed by atoms with Crippen LogP contribution in [0.2, 0.25) is 0 Å². The molecule has 0 atom stereocenters. The highest BCUT2D eigenvalue weighted by molar-refractivity contribution is 5.27. The molecule has 2 aromatic rings. The monoisotopic (exact) mass is 383 g/mol. The molecule has 0 spiro atoms. The van der Waals surface area contributed by atoms with Gasteiger partial charge in [-0.25, -0.2) is 4.98 Å². The van der Waals surface area contributed by atoms with E-state index in [2.05, 4.69) is 40.9 Å². The first-order chi connectivity index (χ1) is 13.4. The first kappa shape index (κ1) is 19.4. The first-order valence-corrected chi connectivity index (χ1v) is 10.7. The summed E-state index contributed by atoms with van der Waals surface area (Å²) in [5, 5.41) is 7.85. The maximum atomic E-state index is 12.5. The highest BCUT2D eigenvalue weighted by atomic mass is 16.1. The van der Waals surface area contributed by atoms with Gasteiger partial charge in [-0.05, 0) is 63.1 Å². The summed E-state index contributed by atoms with van der Waals surface area (Å²) in [5.74, 6) is 0.546. The Labute approximate surface area is 167 Å². The smallest absolute Gasteiger partial charge is 0.253 e. The number of nitrogens with zero attached hydrogens (tertiary/aromatic N) is 4. The van der Waals surface area contributed by atoms with E-state index < -0.39 is 0 Å². The SMILES string of the molecule is CC(C)(C)c1cc(=O)n(CC2CCN(Cc3n[nH]c4c3CCCC4)CC2)cn1. The third-order valence-corrected chi connectivity index (χ3v) is 6.33. The fraction of sp³-hybridized carbons (Fsp3) is 0.682. The molecule has 1 saturated heterocycles. The van der Waals surface area contributed by atoms with Gasteiger partial charge in [0.05, 0.1) is 17.7 Å². The van der Waals surface area contributed by atoms with Crippen molar-refractivity contribution in [2.45, 2.75) is 77.8 Å². The van der Waals surface area contributed by atoms with Crippen LogP contribution < -0.4 is 5.56 Å². The van der Waals surface area contributed by atoms with Gasteiger partial charge in [-0.2, -0.15) is 5.10 Å². The van der Waals surface area contributed by atoms with Gasteiger partial charge in [0.2, 0.25) is 0 Å². The van der Waals surface area contributed by atoms with Gasteiger partial charge < -0.3 is 0 Å². The molecule has 152 valence electrons. The highest BCUT2D eigenvalue weighted by Crippen LogP contribution is 2.25. The topological polar surface area (TPSA) is 66.8 Å². The molecule has 6 nitrogen and oxygen atoms in total. The van der Waals surface area contributed by atoms with Crippen LogP contribution in [0.1, 0.15) is 69.1 Å². The molecule has 6 heteroatoms. The van der Waals surface area contributed by atoms with Crippen molar-refractivity contribution in [1.29, 1.82) is 0 Å². The van der Waals surface area contributed by atoms with Gasteiger partial charge in [0.15, 0.2) is 0 Å². The fourth-order valence-corrected chi connectivity index (χ4v) is 4.47. The number of piperidine rings is 1. The lowest BCUT2D eigenvalue weighted by molar-refractivity contribution is 0.164. The van der Waals surface area contributed by atoms with Gasteiger partial charge in [-0.3, -0.25) is 19.4 Å². The Balaban J connectivity index is 1.32. The Bertz CT molecular complexity index is 868. The van der Waals surface area contributed by atoms with Crippen molar-refractivity contribution in [3.05, 3.63) is 45.4 Å². The van der Waals surface area contributed by atoms with Gasteiger partial charge in [0, 0.05) is 30.3 Å². The van der Waals surface area contributed by atoms with E-state index in [0.717, 1.165) is 51.1 Å². The normalized spacial score (nSPS) is 19.0. The Morgan fingerprint density at radius 2 is 1.93 bits per heavy atom. The lowest BCUT2D eigenvalue weighted by Gasteiger charge is -2.32. The quantitative estimate of drug-likeness (QED) is 0.881. The molecular formula is C22H33N5O. The van der Waals surface area contributed by atoms with Gasteiger partial charge in [-0.1, -0.05) is 20.8 Å². The summed E-state index contributed by atoms with van der Waals surface area (Å²) in [5.41, 5.74) is 4.95. The molecule has 0 radical (unpaired) electrons. The molecule has 4 rings (SSSR count). The van der Waals surface area contributed by atoms with Crippen LogP contribution in [0.25, 0.3) is 0 Å². The first-order valence-electron chi connectivity index (χ1n) is 10.7. The van der Waals surface area contributed by atoms with Crippen LogP contribution >= 0.6 is 0 Å². The second-order valence-electron chi connectivity index (χ2n) is 9.57. The minimum absolute atomic E-state index is 0.0745. The van der Waals surface area contributed by atoms with Crippen LogP contribution in [0.5, 0.6) is 0 Å². The minimum Gasteiger partial charge on any atom is -0.299 e. The van der Waals surface area contributed by atoms with E-state index in [0.29, 0.717) is 5.92 Å². The number of hydrogen-bond donors (Lipinski definition) is 1. The highest BCUT2D eigenvalue weighted by Gasteiger charge is 2.24. The van der Waals surface area contributed by atoms with Gasteiger partial charge in [0.1, 0.15) is 0 Å². The van der Waals surface area contributed by atoms with Gasteiger partial charge in [0.25, 0.3) is 5.56 Å². The second-order valence-corrected chi connectivity index (χ2v) is 9.57. The Hall–Kier alpha value is -1.95. The third-order valence-electron chi connectivity index (χ3n) is 6.33. The molecule has 3 heterocycles. The zero-order chi connectivity index (χ0) is 19.7. The summed E-state index contributed by atoms with van der Waals surface area (Å²) in [4.78, 5) is 19.5. The molecule has 1 N–H and O–H groups in total. The van der Waals surface area contributed by atoms with E-state index in [9.17, 15) is 4.79 Å². The summed E-state index contributed by atoms with van der Waals surface area (Å²) in [6.45, 7) is 10.2. The average Bonchev–Trinajstić information content (AvgIpc) is 3.07. The summed E-state index contributed by atoms with van der Waals surface area (Å²) >= 11 is 0. The number of rotatable bonds is 4. The predicted octanol–water partition coefficient (Wildman–Crippen LogP) is 3.05. The van der Waals surface area contributed by atoms with Crippen molar-refractivity contribution < 1.29 is 0 Å². The molecule has 1 aliphatic carbocycles. The summed E-state index contributed by atoms with van der Waals surface area (Å²) < 4.78 is 1.79. The van der Waals surface area contributed by atoms with Crippen molar-refractivity contribution in [3.8, 4) is 0 Å². The number of aromatic amines is 1. The number of likely N-dealkylation sites (tertiary alicyclic amines) is 1. The third kappa shape index (κ3) is 4.22. The maximum Gasteiger partial charge on any atom is 0.253 e. The lowest BCUT2D eigenvalue weighted by Crippen LogP contribution is -2.36. The van der Waals surface area contributed by atoms with Crippen molar-refractivity contribution >= 4 is 0 Å². The molecule has 28 heavy (non-hydrogen) atoms. The zero-order valence-electron chi connectivity index (χ0n) is 17.5. The fourth-order valence-electron chi connectivity index (χ4n) is 4.47. The van der Waals surface area contributed by atoms with E-state index in [4.69, 9.17) is 0 Å². The standard InChI is InChI=1S/C22H33N5O/c1-22(2,3)20-12-21(28)27(15-23-20)13-16-8-10-26(11-9-16)14-19-17-6-4-5-7-18(17)24-25-19/h12,15-16H,4-11,13-14H2,1-3H3,(H,24,25). The number of aromatic nitrogens is 4.